The van der Waals surface area contributed by atoms with Crippen LogP contribution in [0.15, 0.2) is 29.0 Å². The Morgan fingerprint density at radius 2 is 2.05 bits per heavy atom. The quantitative estimate of drug-likeness (QED) is 0.797. The highest BCUT2D eigenvalue weighted by atomic mass is 19.1. The summed E-state index contributed by atoms with van der Waals surface area (Å²) in [6.07, 6.45) is 1.46. The maximum Gasteiger partial charge on any atom is 0.139 e. The molecule has 3 aromatic rings. The highest BCUT2D eigenvalue weighted by molar-refractivity contribution is 5.88. The number of fused-ring (bicyclic) bond motifs is 1. The molecule has 21 heavy (non-hydrogen) atoms. The molecular weight excluding hydrogens is 271 g/mol. The van der Waals surface area contributed by atoms with Crippen molar-refractivity contribution in [3.05, 3.63) is 47.4 Å². The summed E-state index contributed by atoms with van der Waals surface area (Å²) >= 11 is 0. The van der Waals surface area contributed by atoms with Crippen molar-refractivity contribution in [3.63, 3.8) is 0 Å². The molecule has 0 aliphatic heterocycles. The predicted molar refractivity (Wildman–Crippen MR) is 77.5 cm³/mol. The Bertz CT molecular complexity index is 780. The van der Waals surface area contributed by atoms with E-state index in [0.29, 0.717) is 16.7 Å². The lowest BCUT2D eigenvalue weighted by Gasteiger charge is -2.15. The van der Waals surface area contributed by atoms with E-state index in [1.807, 2.05) is 20.8 Å². The first-order valence-corrected chi connectivity index (χ1v) is 6.66. The zero-order valence-electron chi connectivity index (χ0n) is 12.0. The molecule has 1 aromatic carbocycles. The minimum absolute atomic E-state index is 0.0578. The molecule has 0 amide bonds. The third kappa shape index (κ3) is 2.44. The number of nitrogens with one attached hydrogen (secondary N) is 1. The second kappa shape index (κ2) is 5.12. The van der Waals surface area contributed by atoms with Crippen LogP contribution in [0.4, 0.5) is 10.2 Å². The molecule has 0 fully saturated rings. The molecule has 1 N–H and O–H groups in total. The maximum absolute atomic E-state index is 13.4. The number of aromatic nitrogens is 3. The minimum Gasteiger partial charge on any atom is -0.363 e. The van der Waals surface area contributed by atoms with Crippen LogP contribution < -0.4 is 5.32 Å². The minimum atomic E-state index is -0.314. The second-order valence-electron chi connectivity index (χ2n) is 4.99. The van der Waals surface area contributed by atoms with Gasteiger partial charge >= 0.3 is 0 Å². The van der Waals surface area contributed by atoms with Gasteiger partial charge < -0.3 is 9.84 Å². The Balaban J connectivity index is 2.00. The molecule has 5 nitrogen and oxygen atoms in total. The molecule has 2 heterocycles. The van der Waals surface area contributed by atoms with Gasteiger partial charge in [0.1, 0.15) is 23.7 Å². The summed E-state index contributed by atoms with van der Waals surface area (Å²) in [5.41, 5.74) is 2.51. The fourth-order valence-electron chi connectivity index (χ4n) is 2.53. The van der Waals surface area contributed by atoms with Crippen LogP contribution in [0.25, 0.3) is 10.9 Å². The Labute approximate surface area is 121 Å². The van der Waals surface area contributed by atoms with E-state index in [4.69, 9.17) is 4.52 Å². The Morgan fingerprint density at radius 3 is 2.76 bits per heavy atom. The molecule has 6 heteroatoms. The van der Waals surface area contributed by atoms with Gasteiger partial charge in [0.2, 0.25) is 0 Å². The smallest absolute Gasteiger partial charge is 0.139 e. The number of rotatable bonds is 3. The zero-order chi connectivity index (χ0) is 15.0. The van der Waals surface area contributed by atoms with Gasteiger partial charge in [0.05, 0.1) is 17.3 Å². The van der Waals surface area contributed by atoms with E-state index in [-0.39, 0.29) is 11.9 Å². The topological polar surface area (TPSA) is 63.8 Å². The molecule has 0 aliphatic rings. The van der Waals surface area contributed by atoms with Gasteiger partial charge in [-0.05, 0) is 39.0 Å². The highest BCUT2D eigenvalue weighted by Crippen LogP contribution is 2.27. The van der Waals surface area contributed by atoms with Crippen LogP contribution in [-0.4, -0.2) is 15.1 Å². The van der Waals surface area contributed by atoms with Crippen LogP contribution in [0.5, 0.6) is 0 Å². The third-order valence-corrected chi connectivity index (χ3v) is 3.47. The van der Waals surface area contributed by atoms with Crippen LogP contribution in [0.2, 0.25) is 0 Å². The van der Waals surface area contributed by atoms with Gasteiger partial charge in [-0.25, -0.2) is 14.4 Å². The molecule has 0 aliphatic carbocycles. The lowest BCUT2D eigenvalue weighted by molar-refractivity contribution is 0.392. The largest absolute Gasteiger partial charge is 0.363 e. The van der Waals surface area contributed by atoms with Gasteiger partial charge in [0.15, 0.2) is 0 Å². The molecular formula is C15H15FN4O. The van der Waals surface area contributed by atoms with Crippen molar-refractivity contribution < 1.29 is 8.91 Å². The predicted octanol–water partition coefficient (Wildman–Crippen LogP) is 3.55. The van der Waals surface area contributed by atoms with E-state index in [1.54, 1.807) is 6.07 Å². The Morgan fingerprint density at radius 1 is 1.24 bits per heavy atom. The van der Waals surface area contributed by atoms with Crippen molar-refractivity contribution in [3.8, 4) is 0 Å². The number of hydrogen-bond acceptors (Lipinski definition) is 5. The molecule has 0 saturated heterocycles. The van der Waals surface area contributed by atoms with E-state index >= 15 is 0 Å². The van der Waals surface area contributed by atoms with E-state index in [2.05, 4.69) is 20.4 Å². The van der Waals surface area contributed by atoms with Crippen LogP contribution in [-0.2, 0) is 0 Å². The van der Waals surface area contributed by atoms with Crippen molar-refractivity contribution in [2.45, 2.75) is 26.8 Å². The number of halogens is 1. The number of hydrogen-bond donors (Lipinski definition) is 1. The Hall–Kier alpha value is -2.50. The van der Waals surface area contributed by atoms with Crippen LogP contribution in [0.3, 0.4) is 0 Å². The molecule has 108 valence electrons. The lowest BCUT2D eigenvalue weighted by atomic mass is 10.1. The zero-order valence-corrected chi connectivity index (χ0v) is 12.0. The molecule has 0 bridgehead atoms. The number of benzene rings is 1. The van der Waals surface area contributed by atoms with Crippen molar-refractivity contribution in [1.82, 2.24) is 15.1 Å². The summed E-state index contributed by atoms with van der Waals surface area (Å²) in [5, 5.41) is 7.88. The Kier molecular flexibility index (Phi) is 3.29. The first-order chi connectivity index (χ1) is 10.1. The summed E-state index contributed by atoms with van der Waals surface area (Å²) in [7, 11) is 0. The van der Waals surface area contributed by atoms with Crippen LogP contribution >= 0.6 is 0 Å². The fraction of sp³-hybridized carbons (Fsp3) is 0.267. The molecule has 2 aromatic heterocycles. The van der Waals surface area contributed by atoms with E-state index in [9.17, 15) is 4.39 Å². The summed E-state index contributed by atoms with van der Waals surface area (Å²) in [6, 6.07) is 4.39. The van der Waals surface area contributed by atoms with Crippen molar-refractivity contribution >= 4 is 16.7 Å². The molecule has 1 atom stereocenters. The summed E-state index contributed by atoms with van der Waals surface area (Å²) in [4.78, 5) is 8.36. The van der Waals surface area contributed by atoms with Crippen LogP contribution in [0, 0.1) is 19.7 Å². The molecule has 1 unspecified atom stereocenters. The maximum atomic E-state index is 13.4. The fourth-order valence-corrected chi connectivity index (χ4v) is 2.53. The average Bonchev–Trinajstić information content (AvgIpc) is 2.79. The van der Waals surface area contributed by atoms with Gasteiger partial charge in [-0.3, -0.25) is 0 Å². The van der Waals surface area contributed by atoms with Crippen molar-refractivity contribution in [2.75, 3.05) is 5.32 Å². The van der Waals surface area contributed by atoms with Crippen LogP contribution in [0.1, 0.15) is 30.0 Å². The van der Waals surface area contributed by atoms with E-state index in [0.717, 1.165) is 17.0 Å². The van der Waals surface area contributed by atoms with E-state index < -0.39 is 0 Å². The summed E-state index contributed by atoms with van der Waals surface area (Å²) in [5.74, 6) is 1.04. The SMILES string of the molecule is Cc1noc(C)c1C(C)Nc1ncnc2ccc(F)cc12. The summed E-state index contributed by atoms with van der Waals surface area (Å²) < 4.78 is 18.6. The van der Waals surface area contributed by atoms with Crippen molar-refractivity contribution in [2.24, 2.45) is 0 Å². The van der Waals surface area contributed by atoms with Crippen molar-refractivity contribution in [1.29, 1.82) is 0 Å². The average molecular weight is 286 g/mol. The summed E-state index contributed by atoms with van der Waals surface area (Å²) in [6.45, 7) is 5.74. The molecule has 0 radical (unpaired) electrons. The van der Waals surface area contributed by atoms with E-state index in [1.165, 1.54) is 18.5 Å². The number of anilines is 1. The van der Waals surface area contributed by atoms with Gasteiger partial charge in [-0.2, -0.15) is 0 Å². The standard InChI is InChI=1S/C15H15FN4O/c1-8(14-9(2)20-21-10(14)3)19-15-12-6-11(16)4-5-13(12)17-7-18-15/h4-8H,1-3H3,(H,17,18,19). The monoisotopic (exact) mass is 286 g/mol. The first-order valence-electron chi connectivity index (χ1n) is 6.66. The lowest BCUT2D eigenvalue weighted by Crippen LogP contribution is -2.10. The molecule has 0 saturated carbocycles. The van der Waals surface area contributed by atoms with Gasteiger partial charge in [-0.15, -0.1) is 0 Å². The highest BCUT2D eigenvalue weighted by Gasteiger charge is 2.17. The third-order valence-electron chi connectivity index (χ3n) is 3.47. The number of aryl methyl sites for hydroxylation is 2. The van der Waals surface area contributed by atoms with Gasteiger partial charge in [0.25, 0.3) is 0 Å². The molecule has 3 rings (SSSR count). The number of nitrogens with zero attached hydrogens (tertiary/aromatic N) is 3. The molecule has 0 spiro atoms. The second-order valence-corrected chi connectivity index (χ2v) is 4.99. The first kappa shape index (κ1) is 13.5. The normalized spacial score (nSPS) is 12.6. The van der Waals surface area contributed by atoms with Gasteiger partial charge in [0, 0.05) is 10.9 Å². The van der Waals surface area contributed by atoms with Gasteiger partial charge in [-0.1, -0.05) is 5.16 Å².